The van der Waals surface area contributed by atoms with Gasteiger partial charge in [0.15, 0.2) is 10.8 Å². The number of alkyl halides is 3. The van der Waals surface area contributed by atoms with Gasteiger partial charge in [0, 0.05) is 24.2 Å². The largest absolute Gasteiger partial charge is 0.416 e. The Bertz CT molecular complexity index is 1070. The molecular formula is C15H9F3N6OS. The molecule has 7 nitrogen and oxygen atoms in total. The van der Waals surface area contributed by atoms with Gasteiger partial charge in [-0.05, 0) is 12.1 Å². The van der Waals surface area contributed by atoms with Crippen LogP contribution in [0.15, 0.2) is 42.9 Å². The Morgan fingerprint density at radius 3 is 2.92 bits per heavy atom. The first kappa shape index (κ1) is 16.3. The summed E-state index contributed by atoms with van der Waals surface area (Å²) >= 11 is 1.19. The number of halogens is 3. The maximum atomic E-state index is 12.8. The Labute approximate surface area is 147 Å². The van der Waals surface area contributed by atoms with Crippen LogP contribution in [0.5, 0.6) is 0 Å². The SMILES string of the molecule is O=C(Nc1n[nH]c(-c2cccc(C(F)(F)F)c2)n1)c1cn2ccnc2s1. The topological polar surface area (TPSA) is 88.0 Å². The molecule has 3 heterocycles. The highest BCUT2D eigenvalue weighted by atomic mass is 32.1. The van der Waals surface area contributed by atoms with E-state index in [0.29, 0.717) is 9.84 Å². The van der Waals surface area contributed by atoms with Crippen molar-refractivity contribution in [3.63, 3.8) is 0 Å². The molecule has 4 rings (SSSR count). The second kappa shape index (κ2) is 5.95. The number of carbonyl (C=O) groups is 1. The molecule has 0 aliphatic heterocycles. The van der Waals surface area contributed by atoms with E-state index in [1.807, 2.05) is 0 Å². The fourth-order valence-electron chi connectivity index (χ4n) is 2.29. The summed E-state index contributed by atoms with van der Waals surface area (Å²) in [7, 11) is 0. The predicted molar refractivity (Wildman–Crippen MR) is 87.8 cm³/mol. The van der Waals surface area contributed by atoms with Gasteiger partial charge in [-0.15, -0.1) is 5.10 Å². The first-order valence-electron chi connectivity index (χ1n) is 7.24. The Hall–Kier alpha value is -3.21. The highest BCUT2D eigenvalue weighted by Gasteiger charge is 2.30. The van der Waals surface area contributed by atoms with E-state index in [1.54, 1.807) is 23.0 Å². The first-order chi connectivity index (χ1) is 12.4. The number of hydrogen-bond acceptors (Lipinski definition) is 5. The van der Waals surface area contributed by atoms with E-state index in [9.17, 15) is 18.0 Å². The van der Waals surface area contributed by atoms with E-state index >= 15 is 0 Å². The zero-order valence-corrected chi connectivity index (χ0v) is 13.6. The minimum atomic E-state index is -4.45. The molecule has 11 heteroatoms. The number of aromatic nitrogens is 5. The Morgan fingerprint density at radius 1 is 1.31 bits per heavy atom. The first-order valence-corrected chi connectivity index (χ1v) is 8.06. The number of imidazole rings is 1. The summed E-state index contributed by atoms with van der Waals surface area (Å²) in [6.07, 6.45) is 0.484. The Morgan fingerprint density at radius 2 is 2.15 bits per heavy atom. The van der Waals surface area contributed by atoms with Gasteiger partial charge in [0.05, 0.1) is 5.56 Å². The van der Waals surface area contributed by atoms with Crippen molar-refractivity contribution >= 4 is 28.2 Å². The number of thiazole rings is 1. The van der Waals surface area contributed by atoms with Crippen molar-refractivity contribution in [3.8, 4) is 11.4 Å². The molecule has 3 aromatic heterocycles. The van der Waals surface area contributed by atoms with Gasteiger partial charge in [0.1, 0.15) is 4.88 Å². The second-order valence-electron chi connectivity index (χ2n) is 5.25. The van der Waals surface area contributed by atoms with Crippen LogP contribution in [-0.4, -0.2) is 30.5 Å². The van der Waals surface area contributed by atoms with Gasteiger partial charge < -0.3 is 0 Å². The summed E-state index contributed by atoms with van der Waals surface area (Å²) in [6, 6.07) is 4.67. The summed E-state index contributed by atoms with van der Waals surface area (Å²) in [5, 5.41) is 8.84. The molecule has 1 aromatic carbocycles. The molecule has 0 aliphatic carbocycles. The van der Waals surface area contributed by atoms with Crippen LogP contribution in [0.2, 0.25) is 0 Å². The van der Waals surface area contributed by atoms with E-state index in [0.717, 1.165) is 12.1 Å². The third-order valence-electron chi connectivity index (χ3n) is 3.49. The monoisotopic (exact) mass is 378 g/mol. The predicted octanol–water partition coefficient (Wildman–Crippen LogP) is 3.45. The molecule has 0 saturated carbocycles. The average Bonchev–Trinajstić information content (AvgIpc) is 3.29. The van der Waals surface area contributed by atoms with Crippen molar-refractivity contribution in [1.29, 1.82) is 0 Å². The molecule has 4 aromatic rings. The molecule has 0 radical (unpaired) electrons. The van der Waals surface area contributed by atoms with Crippen molar-refractivity contribution in [1.82, 2.24) is 24.6 Å². The average molecular weight is 378 g/mol. The summed E-state index contributed by atoms with van der Waals surface area (Å²) < 4.78 is 40.1. The number of rotatable bonds is 3. The number of H-pyrrole nitrogens is 1. The highest BCUT2D eigenvalue weighted by Crippen LogP contribution is 2.31. The van der Waals surface area contributed by atoms with Gasteiger partial charge in [0.2, 0.25) is 5.95 Å². The van der Waals surface area contributed by atoms with Crippen LogP contribution in [0.4, 0.5) is 19.1 Å². The summed E-state index contributed by atoms with van der Waals surface area (Å²) in [5.41, 5.74) is -0.582. The minimum absolute atomic E-state index is 0.0338. The second-order valence-corrected chi connectivity index (χ2v) is 6.26. The van der Waals surface area contributed by atoms with E-state index in [2.05, 4.69) is 25.5 Å². The van der Waals surface area contributed by atoms with Crippen LogP contribution in [-0.2, 0) is 6.18 Å². The molecule has 132 valence electrons. The molecular weight excluding hydrogens is 369 g/mol. The lowest BCUT2D eigenvalue weighted by Crippen LogP contribution is -2.11. The summed E-state index contributed by atoms with van der Waals surface area (Å²) in [6.45, 7) is 0. The smallest absolute Gasteiger partial charge is 0.297 e. The number of carbonyl (C=O) groups excluding carboxylic acids is 1. The highest BCUT2D eigenvalue weighted by molar-refractivity contribution is 7.18. The zero-order chi connectivity index (χ0) is 18.3. The molecule has 0 aliphatic rings. The van der Waals surface area contributed by atoms with E-state index in [1.165, 1.54) is 23.5 Å². The van der Waals surface area contributed by atoms with Gasteiger partial charge in [-0.25, -0.2) is 4.98 Å². The van der Waals surface area contributed by atoms with Crippen LogP contribution in [0, 0.1) is 0 Å². The van der Waals surface area contributed by atoms with Crippen LogP contribution >= 0.6 is 11.3 Å². The number of amides is 1. The third-order valence-corrected chi connectivity index (χ3v) is 4.50. The van der Waals surface area contributed by atoms with Gasteiger partial charge >= 0.3 is 6.18 Å². The van der Waals surface area contributed by atoms with Crippen molar-refractivity contribution in [2.24, 2.45) is 0 Å². The number of benzene rings is 1. The van der Waals surface area contributed by atoms with E-state index in [-0.39, 0.29) is 17.3 Å². The summed E-state index contributed by atoms with van der Waals surface area (Å²) in [5.74, 6) is -0.351. The lowest BCUT2D eigenvalue weighted by molar-refractivity contribution is -0.137. The van der Waals surface area contributed by atoms with Crippen LogP contribution in [0.1, 0.15) is 15.2 Å². The van der Waals surface area contributed by atoms with Crippen LogP contribution in [0.25, 0.3) is 16.3 Å². The molecule has 0 fully saturated rings. The minimum Gasteiger partial charge on any atom is -0.297 e. The van der Waals surface area contributed by atoms with Crippen molar-refractivity contribution in [2.75, 3.05) is 5.32 Å². The van der Waals surface area contributed by atoms with Crippen LogP contribution < -0.4 is 5.32 Å². The number of anilines is 1. The molecule has 26 heavy (non-hydrogen) atoms. The number of nitrogens with one attached hydrogen (secondary N) is 2. The maximum absolute atomic E-state index is 12.8. The van der Waals surface area contributed by atoms with E-state index in [4.69, 9.17) is 0 Å². The number of nitrogens with zero attached hydrogens (tertiary/aromatic N) is 4. The lowest BCUT2D eigenvalue weighted by Gasteiger charge is -2.06. The quantitative estimate of drug-likeness (QED) is 0.572. The van der Waals surface area contributed by atoms with Gasteiger partial charge in [-0.2, -0.15) is 18.2 Å². The lowest BCUT2D eigenvalue weighted by atomic mass is 10.1. The van der Waals surface area contributed by atoms with Gasteiger partial charge in [-0.1, -0.05) is 23.5 Å². The van der Waals surface area contributed by atoms with Crippen molar-refractivity contribution in [2.45, 2.75) is 6.18 Å². The van der Waals surface area contributed by atoms with E-state index < -0.39 is 17.6 Å². The normalized spacial score (nSPS) is 11.8. The number of aromatic amines is 1. The number of hydrogen-bond donors (Lipinski definition) is 2. The van der Waals surface area contributed by atoms with Crippen molar-refractivity contribution in [3.05, 3.63) is 53.3 Å². The molecule has 1 amide bonds. The molecule has 0 unspecified atom stereocenters. The van der Waals surface area contributed by atoms with Gasteiger partial charge in [-0.3, -0.25) is 19.6 Å². The fraction of sp³-hybridized carbons (Fsp3) is 0.0667. The fourth-order valence-corrected chi connectivity index (χ4v) is 3.12. The van der Waals surface area contributed by atoms with Gasteiger partial charge in [0.25, 0.3) is 5.91 Å². The maximum Gasteiger partial charge on any atom is 0.416 e. The zero-order valence-electron chi connectivity index (χ0n) is 12.8. The Balaban J connectivity index is 1.54. The number of fused-ring (bicyclic) bond motifs is 1. The van der Waals surface area contributed by atoms with Crippen molar-refractivity contribution < 1.29 is 18.0 Å². The molecule has 2 N–H and O–H groups in total. The molecule has 0 bridgehead atoms. The summed E-state index contributed by atoms with van der Waals surface area (Å²) in [4.78, 5) is 21.4. The molecule has 0 atom stereocenters. The molecule has 0 saturated heterocycles. The standard InChI is InChI=1S/C15H9F3N6OS/c16-15(17,18)9-3-1-2-8(6-9)11-20-13(23-22-11)21-12(25)10-7-24-5-4-19-14(24)26-10/h1-7H,(H2,20,21,22,23,25). The Kier molecular flexibility index (Phi) is 3.72. The molecule has 0 spiro atoms. The third kappa shape index (κ3) is 3.04. The van der Waals surface area contributed by atoms with Crippen LogP contribution in [0.3, 0.4) is 0 Å².